The van der Waals surface area contributed by atoms with Gasteiger partial charge in [0.1, 0.15) is 5.75 Å². The Hall–Kier alpha value is -0.740. The van der Waals surface area contributed by atoms with E-state index < -0.39 is 6.10 Å². The molecule has 0 radical (unpaired) electrons. The van der Waals surface area contributed by atoms with Gasteiger partial charge in [-0.2, -0.15) is 0 Å². The second kappa shape index (κ2) is 6.14. The first-order chi connectivity index (χ1) is 8.97. The van der Waals surface area contributed by atoms with Crippen LogP contribution in [0.4, 0.5) is 0 Å². The summed E-state index contributed by atoms with van der Waals surface area (Å²) in [5.74, 6) is 0.289. The fourth-order valence-corrected chi connectivity index (χ4v) is 2.98. The number of hydrogen-bond donors (Lipinski definition) is 0. The zero-order valence-electron chi connectivity index (χ0n) is 9.82. The lowest BCUT2D eigenvalue weighted by atomic mass is 10.2. The van der Waals surface area contributed by atoms with E-state index in [2.05, 4.69) is 0 Å². The lowest BCUT2D eigenvalue weighted by Crippen LogP contribution is -2.23. The number of rotatable bonds is 4. The second-order valence-electron chi connectivity index (χ2n) is 3.80. The summed E-state index contributed by atoms with van der Waals surface area (Å²) in [7, 11) is 0. The molecule has 1 atom stereocenters. The lowest BCUT2D eigenvalue weighted by molar-refractivity contribution is 0.0822. The van der Waals surface area contributed by atoms with E-state index in [1.54, 1.807) is 37.3 Å². The van der Waals surface area contributed by atoms with Crippen molar-refractivity contribution in [3.63, 3.8) is 0 Å². The first-order valence-electron chi connectivity index (χ1n) is 5.38. The number of Topliss-reactive ketones (excluding diaryl/α,β-unsaturated/α-hetero) is 1. The summed E-state index contributed by atoms with van der Waals surface area (Å²) in [6.45, 7) is 1.67. The Morgan fingerprint density at radius 1 is 1.21 bits per heavy atom. The smallest absolute Gasteiger partial charge is 0.212 e. The van der Waals surface area contributed by atoms with E-state index in [0.717, 1.165) is 0 Å². The molecule has 2 aromatic rings. The number of thiophene rings is 1. The Kier molecular flexibility index (Phi) is 4.74. The molecule has 2 nitrogen and oxygen atoms in total. The second-order valence-corrected chi connectivity index (χ2v) is 6.36. The topological polar surface area (TPSA) is 26.3 Å². The Morgan fingerprint density at radius 3 is 2.53 bits per heavy atom. The Balaban J connectivity index is 2.12. The molecule has 0 aliphatic heterocycles. The number of carbonyl (C=O) groups is 1. The molecule has 0 saturated carbocycles. The molecule has 0 fully saturated rings. The molecule has 1 heterocycles. The van der Waals surface area contributed by atoms with E-state index >= 15 is 0 Å². The molecule has 0 saturated heterocycles. The lowest BCUT2D eigenvalue weighted by Gasteiger charge is -2.14. The monoisotopic (exact) mass is 334 g/mol. The number of carbonyl (C=O) groups excluding carboxylic acids is 1. The van der Waals surface area contributed by atoms with Crippen molar-refractivity contribution < 1.29 is 9.53 Å². The van der Waals surface area contributed by atoms with Gasteiger partial charge in [-0.15, -0.1) is 11.3 Å². The van der Waals surface area contributed by atoms with E-state index in [0.29, 0.717) is 25.0 Å². The minimum atomic E-state index is -0.645. The quantitative estimate of drug-likeness (QED) is 0.703. The fourth-order valence-electron chi connectivity index (χ4n) is 1.46. The first-order valence-corrected chi connectivity index (χ1v) is 7.33. The molecule has 0 aliphatic carbocycles. The number of halogens is 3. The zero-order valence-corrected chi connectivity index (χ0v) is 12.9. The molecule has 19 heavy (non-hydrogen) atoms. The van der Waals surface area contributed by atoms with Gasteiger partial charge in [-0.05, 0) is 37.3 Å². The van der Waals surface area contributed by atoms with Gasteiger partial charge in [0.05, 0.1) is 14.2 Å². The molecule has 0 aliphatic rings. The maximum absolute atomic E-state index is 12.1. The van der Waals surface area contributed by atoms with Crippen LogP contribution in [-0.4, -0.2) is 11.9 Å². The highest BCUT2D eigenvalue weighted by molar-refractivity contribution is 7.18. The summed E-state index contributed by atoms with van der Waals surface area (Å²) in [6, 6.07) is 8.22. The van der Waals surface area contributed by atoms with Gasteiger partial charge in [0.15, 0.2) is 6.10 Å². The van der Waals surface area contributed by atoms with E-state index in [1.807, 2.05) is 0 Å². The molecule has 100 valence electrons. The van der Waals surface area contributed by atoms with Crippen LogP contribution in [0.1, 0.15) is 16.6 Å². The molecule has 1 aromatic carbocycles. The van der Waals surface area contributed by atoms with Crippen molar-refractivity contribution in [3.8, 4) is 5.75 Å². The SMILES string of the molecule is CC(Oc1ccc(Cl)cc1Cl)C(=O)c1ccc(Cl)s1. The summed E-state index contributed by atoms with van der Waals surface area (Å²) in [4.78, 5) is 12.7. The third-order valence-electron chi connectivity index (χ3n) is 2.38. The van der Waals surface area contributed by atoms with Gasteiger partial charge in [0.25, 0.3) is 0 Å². The average Bonchev–Trinajstić information content (AvgIpc) is 2.78. The Bertz CT molecular complexity index is 610. The van der Waals surface area contributed by atoms with E-state index in [1.165, 1.54) is 11.3 Å². The maximum Gasteiger partial charge on any atom is 0.212 e. The van der Waals surface area contributed by atoms with Crippen molar-refractivity contribution in [1.29, 1.82) is 0 Å². The highest BCUT2D eigenvalue weighted by atomic mass is 35.5. The summed E-state index contributed by atoms with van der Waals surface area (Å²) in [5.41, 5.74) is 0. The van der Waals surface area contributed by atoms with Gasteiger partial charge < -0.3 is 4.74 Å². The molecule has 1 aromatic heterocycles. The molecule has 0 N–H and O–H groups in total. The first kappa shape index (κ1) is 14.7. The highest BCUT2D eigenvalue weighted by Gasteiger charge is 2.19. The van der Waals surface area contributed by atoms with Crippen LogP contribution in [-0.2, 0) is 0 Å². The predicted molar refractivity (Wildman–Crippen MR) is 80.2 cm³/mol. The van der Waals surface area contributed by atoms with E-state index in [4.69, 9.17) is 39.5 Å². The van der Waals surface area contributed by atoms with Crippen LogP contribution in [0, 0.1) is 0 Å². The van der Waals surface area contributed by atoms with Crippen molar-refractivity contribution >= 4 is 51.9 Å². The number of benzene rings is 1. The van der Waals surface area contributed by atoms with Crippen LogP contribution in [0.5, 0.6) is 5.75 Å². The number of ether oxygens (including phenoxy) is 1. The van der Waals surface area contributed by atoms with Crippen molar-refractivity contribution in [1.82, 2.24) is 0 Å². The van der Waals surface area contributed by atoms with Gasteiger partial charge >= 0.3 is 0 Å². The van der Waals surface area contributed by atoms with Crippen molar-refractivity contribution in [3.05, 3.63) is 49.6 Å². The Labute approximate surface area is 129 Å². The molecular formula is C13H9Cl3O2S. The molecule has 0 amide bonds. The van der Waals surface area contributed by atoms with Crippen molar-refractivity contribution in [2.45, 2.75) is 13.0 Å². The summed E-state index contributed by atoms with van der Waals surface area (Å²) in [6.07, 6.45) is -0.645. The van der Waals surface area contributed by atoms with E-state index in [-0.39, 0.29) is 5.78 Å². The molecule has 1 unspecified atom stereocenters. The van der Waals surface area contributed by atoms with Gasteiger partial charge in [-0.1, -0.05) is 34.8 Å². The van der Waals surface area contributed by atoms with Crippen LogP contribution in [0.15, 0.2) is 30.3 Å². The molecule has 2 rings (SSSR count). The predicted octanol–water partition coefficient (Wildman–Crippen LogP) is 5.36. The van der Waals surface area contributed by atoms with Crippen LogP contribution < -0.4 is 4.74 Å². The number of hydrogen-bond acceptors (Lipinski definition) is 3. The average molecular weight is 336 g/mol. The molecule has 6 heteroatoms. The fraction of sp³-hybridized carbons (Fsp3) is 0.154. The van der Waals surface area contributed by atoms with E-state index in [9.17, 15) is 4.79 Å². The zero-order chi connectivity index (χ0) is 14.0. The third kappa shape index (κ3) is 3.63. The van der Waals surface area contributed by atoms with Gasteiger partial charge in [0, 0.05) is 5.02 Å². The van der Waals surface area contributed by atoms with Crippen LogP contribution in [0.2, 0.25) is 14.4 Å². The minimum absolute atomic E-state index is 0.136. The van der Waals surface area contributed by atoms with Crippen LogP contribution in [0.25, 0.3) is 0 Å². The summed E-state index contributed by atoms with van der Waals surface area (Å²) in [5, 5.41) is 0.887. The third-order valence-corrected chi connectivity index (χ3v) is 4.16. The van der Waals surface area contributed by atoms with Crippen LogP contribution in [0.3, 0.4) is 0 Å². The summed E-state index contributed by atoms with van der Waals surface area (Å²) >= 11 is 18.8. The minimum Gasteiger partial charge on any atom is -0.481 e. The molecular weight excluding hydrogens is 327 g/mol. The van der Waals surface area contributed by atoms with Crippen molar-refractivity contribution in [2.24, 2.45) is 0 Å². The van der Waals surface area contributed by atoms with Gasteiger partial charge in [-0.25, -0.2) is 0 Å². The summed E-state index contributed by atoms with van der Waals surface area (Å²) < 4.78 is 6.12. The maximum atomic E-state index is 12.1. The number of ketones is 1. The molecule has 0 spiro atoms. The standard InChI is InChI=1S/C13H9Cl3O2S/c1-7(13(17)11-4-5-12(16)19-11)18-10-3-2-8(14)6-9(10)15/h2-7H,1H3. The Morgan fingerprint density at radius 2 is 1.95 bits per heavy atom. The highest BCUT2D eigenvalue weighted by Crippen LogP contribution is 2.29. The van der Waals surface area contributed by atoms with Crippen LogP contribution >= 0.6 is 46.1 Å². The van der Waals surface area contributed by atoms with Gasteiger partial charge in [0.2, 0.25) is 5.78 Å². The van der Waals surface area contributed by atoms with Crippen molar-refractivity contribution in [2.75, 3.05) is 0 Å². The van der Waals surface area contributed by atoms with Gasteiger partial charge in [-0.3, -0.25) is 4.79 Å². The normalized spacial score (nSPS) is 12.2. The largest absolute Gasteiger partial charge is 0.481 e. The molecule has 0 bridgehead atoms.